The number of ketones is 1. The summed E-state index contributed by atoms with van der Waals surface area (Å²) in [6.07, 6.45) is 0. The molecule has 0 aliphatic rings. The van der Waals surface area contributed by atoms with E-state index in [4.69, 9.17) is 5.26 Å². The Morgan fingerprint density at radius 2 is 2.29 bits per heavy atom. The molecule has 4 heteroatoms. The zero-order valence-corrected chi connectivity index (χ0v) is 11.2. The molecular formula is C10H7BrINO. The Kier molecular flexibility index (Phi) is 4.08. The molecule has 1 aromatic carbocycles. The fourth-order valence-corrected chi connectivity index (χ4v) is 1.78. The van der Waals surface area contributed by atoms with E-state index < -0.39 is 0 Å². The van der Waals surface area contributed by atoms with Gasteiger partial charge >= 0.3 is 0 Å². The third kappa shape index (κ3) is 2.55. The van der Waals surface area contributed by atoms with Gasteiger partial charge in [0.15, 0.2) is 5.78 Å². The molecule has 2 nitrogen and oxygen atoms in total. The lowest BCUT2D eigenvalue weighted by atomic mass is 10.0. The molecule has 0 amide bonds. The summed E-state index contributed by atoms with van der Waals surface area (Å²) in [7, 11) is 0. The van der Waals surface area contributed by atoms with Crippen LogP contribution in [0.1, 0.15) is 22.8 Å². The van der Waals surface area contributed by atoms with Crippen LogP contribution in [0.5, 0.6) is 0 Å². The Bertz CT molecular complexity index is 409. The third-order valence-electron chi connectivity index (χ3n) is 1.73. The van der Waals surface area contributed by atoms with E-state index in [1.807, 2.05) is 12.1 Å². The van der Waals surface area contributed by atoms with E-state index in [0.29, 0.717) is 11.1 Å². The zero-order valence-electron chi connectivity index (χ0n) is 7.42. The summed E-state index contributed by atoms with van der Waals surface area (Å²) < 4.78 is 0.956. The average molecular weight is 364 g/mol. The molecule has 1 unspecified atom stereocenters. The molecule has 1 rings (SSSR count). The first-order valence-electron chi connectivity index (χ1n) is 3.94. The van der Waals surface area contributed by atoms with Gasteiger partial charge in [-0.1, -0.05) is 15.9 Å². The fraction of sp³-hybridized carbons (Fsp3) is 0.200. The van der Waals surface area contributed by atoms with E-state index in [9.17, 15) is 4.79 Å². The summed E-state index contributed by atoms with van der Waals surface area (Å²) in [5.41, 5.74) is 0.922. The van der Waals surface area contributed by atoms with Crippen LogP contribution in [-0.4, -0.2) is 10.6 Å². The summed E-state index contributed by atoms with van der Waals surface area (Å²) in [6.45, 7) is 1.75. The zero-order chi connectivity index (χ0) is 10.7. The summed E-state index contributed by atoms with van der Waals surface area (Å²) in [4.78, 5) is 11.4. The second-order valence-corrected chi connectivity index (χ2v) is 5.40. The highest BCUT2D eigenvalue weighted by Gasteiger charge is 2.15. The lowest BCUT2D eigenvalue weighted by molar-refractivity contribution is 0.0995. The minimum Gasteiger partial charge on any atom is -0.293 e. The van der Waals surface area contributed by atoms with Crippen molar-refractivity contribution in [3.63, 3.8) is 0 Å². The number of carbonyl (C=O) groups is 1. The van der Waals surface area contributed by atoms with E-state index in [1.165, 1.54) is 0 Å². The summed E-state index contributed by atoms with van der Waals surface area (Å²) in [5.74, 6) is -0.0575. The van der Waals surface area contributed by atoms with E-state index >= 15 is 0 Å². The largest absolute Gasteiger partial charge is 0.293 e. The average Bonchev–Trinajstić information content (AvgIpc) is 2.16. The van der Waals surface area contributed by atoms with Gasteiger partial charge in [-0.2, -0.15) is 5.26 Å². The second kappa shape index (κ2) is 4.89. The highest BCUT2D eigenvalue weighted by atomic mass is 127. The smallest absolute Gasteiger partial charge is 0.177 e. The SMILES string of the molecule is CC(Br)C(=O)c1ccc(I)cc1C#N. The Morgan fingerprint density at radius 1 is 1.64 bits per heavy atom. The molecule has 0 radical (unpaired) electrons. The fourth-order valence-electron chi connectivity index (χ4n) is 1.04. The van der Waals surface area contributed by atoms with Crippen LogP contribution >= 0.6 is 38.5 Å². The summed E-state index contributed by atoms with van der Waals surface area (Å²) in [5, 5.41) is 8.85. The van der Waals surface area contributed by atoms with Gasteiger partial charge in [-0.15, -0.1) is 0 Å². The van der Waals surface area contributed by atoms with Crippen molar-refractivity contribution >= 4 is 44.3 Å². The van der Waals surface area contributed by atoms with Gasteiger partial charge in [0.1, 0.15) is 0 Å². The molecule has 0 saturated carbocycles. The Morgan fingerprint density at radius 3 is 2.79 bits per heavy atom. The standard InChI is InChI=1S/C10H7BrINO/c1-6(11)10(14)9-3-2-8(12)4-7(9)5-13/h2-4,6H,1H3. The number of hydrogen-bond acceptors (Lipinski definition) is 2. The van der Waals surface area contributed by atoms with Crippen LogP contribution in [0.15, 0.2) is 18.2 Å². The van der Waals surface area contributed by atoms with E-state index in [1.54, 1.807) is 19.1 Å². The Hall–Kier alpha value is -0.410. The predicted molar refractivity (Wildman–Crippen MR) is 66.6 cm³/mol. The van der Waals surface area contributed by atoms with Gasteiger partial charge in [-0.05, 0) is 47.7 Å². The molecule has 1 aromatic rings. The van der Waals surface area contributed by atoms with E-state index in [0.717, 1.165) is 3.57 Å². The predicted octanol–water partition coefficient (Wildman–Crippen LogP) is 3.13. The normalized spacial score (nSPS) is 11.9. The van der Waals surface area contributed by atoms with Gasteiger partial charge in [0.05, 0.1) is 16.5 Å². The molecule has 0 aromatic heterocycles. The van der Waals surface area contributed by atoms with Crippen LogP contribution in [0.25, 0.3) is 0 Å². The lowest BCUT2D eigenvalue weighted by Crippen LogP contribution is -2.11. The molecule has 72 valence electrons. The first-order valence-corrected chi connectivity index (χ1v) is 5.93. The van der Waals surface area contributed by atoms with Gasteiger partial charge in [0, 0.05) is 9.13 Å². The lowest BCUT2D eigenvalue weighted by Gasteiger charge is -2.04. The van der Waals surface area contributed by atoms with Gasteiger partial charge in [-0.3, -0.25) is 4.79 Å². The number of benzene rings is 1. The number of carbonyl (C=O) groups excluding carboxylic acids is 1. The van der Waals surface area contributed by atoms with Crippen molar-refractivity contribution in [2.24, 2.45) is 0 Å². The number of Topliss-reactive ketones (excluding diaryl/α,β-unsaturated/α-hetero) is 1. The van der Waals surface area contributed by atoms with Crippen LogP contribution in [0, 0.1) is 14.9 Å². The van der Waals surface area contributed by atoms with Crippen molar-refractivity contribution < 1.29 is 4.79 Å². The molecular weight excluding hydrogens is 357 g/mol. The minimum absolute atomic E-state index is 0.0575. The van der Waals surface area contributed by atoms with Crippen LogP contribution in [0.2, 0.25) is 0 Å². The molecule has 14 heavy (non-hydrogen) atoms. The van der Waals surface area contributed by atoms with Crippen molar-refractivity contribution in [3.8, 4) is 6.07 Å². The molecule has 1 atom stereocenters. The maximum Gasteiger partial charge on any atom is 0.177 e. The monoisotopic (exact) mass is 363 g/mol. The Balaban J connectivity index is 3.23. The van der Waals surface area contributed by atoms with Crippen molar-refractivity contribution in [3.05, 3.63) is 32.9 Å². The van der Waals surface area contributed by atoms with Crippen LogP contribution < -0.4 is 0 Å². The topological polar surface area (TPSA) is 40.9 Å². The molecule has 0 aliphatic heterocycles. The van der Waals surface area contributed by atoms with Crippen LogP contribution in [0.4, 0.5) is 0 Å². The molecule has 0 fully saturated rings. The number of halogens is 2. The molecule has 0 aliphatic carbocycles. The second-order valence-electron chi connectivity index (χ2n) is 2.78. The number of nitriles is 1. The first kappa shape index (κ1) is 11.7. The van der Waals surface area contributed by atoms with Crippen LogP contribution in [-0.2, 0) is 0 Å². The van der Waals surface area contributed by atoms with Crippen molar-refractivity contribution in [2.45, 2.75) is 11.8 Å². The molecule has 0 N–H and O–H groups in total. The number of rotatable bonds is 2. The van der Waals surface area contributed by atoms with E-state index in [2.05, 4.69) is 38.5 Å². The van der Waals surface area contributed by atoms with Crippen LogP contribution in [0.3, 0.4) is 0 Å². The van der Waals surface area contributed by atoms with Gasteiger partial charge in [0.2, 0.25) is 0 Å². The molecule has 0 saturated heterocycles. The number of nitrogens with zero attached hydrogens (tertiary/aromatic N) is 1. The van der Waals surface area contributed by atoms with Gasteiger partial charge < -0.3 is 0 Å². The maximum absolute atomic E-state index is 11.6. The van der Waals surface area contributed by atoms with Crippen molar-refractivity contribution in [1.29, 1.82) is 5.26 Å². The Labute approximate surface area is 105 Å². The molecule has 0 heterocycles. The highest BCUT2D eigenvalue weighted by molar-refractivity contribution is 14.1. The number of hydrogen-bond donors (Lipinski definition) is 0. The summed E-state index contributed by atoms with van der Waals surface area (Å²) in [6, 6.07) is 7.26. The van der Waals surface area contributed by atoms with Gasteiger partial charge in [-0.25, -0.2) is 0 Å². The van der Waals surface area contributed by atoms with E-state index in [-0.39, 0.29) is 10.6 Å². The first-order chi connectivity index (χ1) is 6.56. The van der Waals surface area contributed by atoms with Crippen molar-refractivity contribution in [1.82, 2.24) is 0 Å². The quantitative estimate of drug-likeness (QED) is 0.460. The molecule has 0 bridgehead atoms. The third-order valence-corrected chi connectivity index (χ3v) is 2.82. The number of alkyl halides is 1. The molecule has 0 spiro atoms. The summed E-state index contributed by atoms with van der Waals surface area (Å²) >= 11 is 5.31. The maximum atomic E-state index is 11.6. The highest BCUT2D eigenvalue weighted by Crippen LogP contribution is 2.17. The minimum atomic E-state index is -0.255. The van der Waals surface area contributed by atoms with Gasteiger partial charge in [0.25, 0.3) is 0 Å². The van der Waals surface area contributed by atoms with Crippen molar-refractivity contribution in [2.75, 3.05) is 0 Å².